The van der Waals surface area contributed by atoms with E-state index in [9.17, 15) is 10.0 Å². The molecular weight excluding hydrogens is 142 g/mol. The fourth-order valence-corrected chi connectivity index (χ4v) is 2.15. The van der Waals surface area contributed by atoms with Gasteiger partial charge < -0.3 is 5.21 Å². The van der Waals surface area contributed by atoms with Gasteiger partial charge in [0.05, 0.1) is 0 Å². The van der Waals surface area contributed by atoms with Crippen molar-refractivity contribution in [1.82, 2.24) is 5.06 Å². The summed E-state index contributed by atoms with van der Waals surface area (Å²) in [5.74, 6) is 0.324. The first kappa shape index (κ1) is 7.25. The van der Waals surface area contributed by atoms with Crippen LogP contribution in [0.1, 0.15) is 32.1 Å². The zero-order chi connectivity index (χ0) is 7.84. The Bertz CT molecular complexity index is 165. The molecule has 0 aromatic heterocycles. The Morgan fingerprint density at radius 1 is 1.27 bits per heavy atom. The van der Waals surface area contributed by atoms with Crippen LogP contribution in [0.2, 0.25) is 0 Å². The average molecular weight is 155 g/mol. The van der Waals surface area contributed by atoms with Gasteiger partial charge in [0.1, 0.15) is 5.78 Å². The Balaban J connectivity index is 2.12. The fourth-order valence-electron chi connectivity index (χ4n) is 2.15. The number of hydrogen-bond donors (Lipinski definition) is 1. The summed E-state index contributed by atoms with van der Waals surface area (Å²) >= 11 is 0. The normalized spacial score (nSPS) is 39.2. The van der Waals surface area contributed by atoms with E-state index < -0.39 is 0 Å². The van der Waals surface area contributed by atoms with Crippen LogP contribution in [0.15, 0.2) is 0 Å². The summed E-state index contributed by atoms with van der Waals surface area (Å²) in [7, 11) is 0. The second-order valence-corrected chi connectivity index (χ2v) is 3.57. The van der Waals surface area contributed by atoms with Crippen molar-refractivity contribution in [2.45, 2.75) is 44.2 Å². The van der Waals surface area contributed by atoms with Gasteiger partial charge in [0, 0.05) is 24.9 Å². The van der Waals surface area contributed by atoms with E-state index in [0.717, 1.165) is 12.8 Å². The molecule has 62 valence electrons. The van der Waals surface area contributed by atoms with Crippen LogP contribution in [0.25, 0.3) is 0 Å². The minimum atomic E-state index is 0.134. The quantitative estimate of drug-likeness (QED) is 0.566. The molecular formula is C8H13NO2. The van der Waals surface area contributed by atoms with Crippen molar-refractivity contribution in [2.75, 3.05) is 0 Å². The first-order valence-corrected chi connectivity index (χ1v) is 4.26. The summed E-state index contributed by atoms with van der Waals surface area (Å²) in [5.41, 5.74) is 0. The number of hydroxylamine groups is 2. The number of hydrogen-bond acceptors (Lipinski definition) is 3. The molecule has 3 nitrogen and oxygen atoms in total. The van der Waals surface area contributed by atoms with Crippen LogP contribution >= 0.6 is 0 Å². The van der Waals surface area contributed by atoms with Crippen LogP contribution in [-0.4, -0.2) is 28.1 Å². The zero-order valence-electron chi connectivity index (χ0n) is 6.49. The maximum Gasteiger partial charge on any atom is 0.136 e. The molecule has 2 heterocycles. The van der Waals surface area contributed by atoms with Crippen molar-refractivity contribution in [1.29, 1.82) is 0 Å². The highest BCUT2D eigenvalue weighted by Gasteiger charge is 2.36. The first-order valence-electron chi connectivity index (χ1n) is 4.26. The van der Waals surface area contributed by atoms with Crippen molar-refractivity contribution < 1.29 is 10.0 Å². The van der Waals surface area contributed by atoms with E-state index in [2.05, 4.69) is 0 Å². The maximum atomic E-state index is 11.1. The lowest BCUT2D eigenvalue weighted by Crippen LogP contribution is -2.50. The van der Waals surface area contributed by atoms with E-state index in [1.165, 1.54) is 11.5 Å². The van der Waals surface area contributed by atoms with E-state index >= 15 is 0 Å². The number of piperidine rings is 2. The lowest BCUT2D eigenvalue weighted by atomic mass is 9.86. The van der Waals surface area contributed by atoms with Gasteiger partial charge in [-0.3, -0.25) is 4.79 Å². The third-order valence-electron chi connectivity index (χ3n) is 2.75. The predicted octanol–water partition coefficient (Wildman–Crippen LogP) is 0.962. The van der Waals surface area contributed by atoms with E-state index in [1.807, 2.05) is 0 Å². The first-order chi connectivity index (χ1) is 5.27. The number of carbonyl (C=O) groups excluding carboxylic acids is 1. The summed E-state index contributed by atoms with van der Waals surface area (Å²) in [4.78, 5) is 11.1. The highest BCUT2D eigenvalue weighted by atomic mass is 16.5. The van der Waals surface area contributed by atoms with Gasteiger partial charge in [-0.15, -0.1) is 0 Å². The summed E-state index contributed by atoms with van der Waals surface area (Å²) < 4.78 is 0. The maximum absolute atomic E-state index is 11.1. The van der Waals surface area contributed by atoms with Gasteiger partial charge in [-0.1, -0.05) is 6.42 Å². The van der Waals surface area contributed by atoms with Crippen LogP contribution < -0.4 is 0 Å². The molecule has 0 aromatic carbocycles. The molecule has 2 aliphatic rings. The number of nitrogens with zero attached hydrogens (tertiary/aromatic N) is 1. The Hall–Kier alpha value is -0.410. The summed E-state index contributed by atoms with van der Waals surface area (Å²) in [5, 5.41) is 10.9. The lowest BCUT2D eigenvalue weighted by Gasteiger charge is -2.40. The van der Waals surface area contributed by atoms with Crippen molar-refractivity contribution >= 4 is 5.78 Å². The van der Waals surface area contributed by atoms with Crippen LogP contribution in [-0.2, 0) is 4.79 Å². The summed E-state index contributed by atoms with van der Waals surface area (Å²) in [6, 6.07) is 0.269. The fraction of sp³-hybridized carbons (Fsp3) is 0.875. The largest absolute Gasteiger partial charge is 0.313 e. The molecule has 0 saturated carbocycles. The molecule has 0 aliphatic carbocycles. The molecule has 3 heteroatoms. The van der Waals surface area contributed by atoms with Crippen molar-refractivity contribution in [3.63, 3.8) is 0 Å². The number of fused-ring (bicyclic) bond motifs is 2. The molecule has 2 aliphatic heterocycles. The molecule has 0 amide bonds. The molecule has 1 N–H and O–H groups in total. The number of rotatable bonds is 0. The lowest BCUT2D eigenvalue weighted by molar-refractivity contribution is -0.194. The molecule has 2 bridgehead atoms. The number of carbonyl (C=O) groups is 1. The SMILES string of the molecule is O=C1CC2CCCC(C1)N2O. The molecule has 2 fully saturated rings. The average Bonchev–Trinajstić information content (AvgIpc) is 1.92. The molecule has 0 spiro atoms. The van der Waals surface area contributed by atoms with E-state index in [0.29, 0.717) is 18.6 Å². The Labute approximate surface area is 66.0 Å². The molecule has 2 saturated heterocycles. The van der Waals surface area contributed by atoms with Gasteiger partial charge in [-0.05, 0) is 12.8 Å². The summed E-state index contributed by atoms with van der Waals surface area (Å²) in [6.07, 6.45) is 4.26. The Morgan fingerprint density at radius 2 is 1.82 bits per heavy atom. The third kappa shape index (κ3) is 1.19. The Kier molecular flexibility index (Phi) is 1.69. The molecule has 2 unspecified atom stereocenters. The molecule has 0 radical (unpaired) electrons. The van der Waals surface area contributed by atoms with Crippen molar-refractivity contribution in [2.24, 2.45) is 0 Å². The second-order valence-electron chi connectivity index (χ2n) is 3.57. The monoisotopic (exact) mass is 155 g/mol. The van der Waals surface area contributed by atoms with E-state index in [4.69, 9.17) is 0 Å². The second kappa shape index (κ2) is 2.57. The predicted molar refractivity (Wildman–Crippen MR) is 39.3 cm³/mol. The highest BCUT2D eigenvalue weighted by molar-refractivity contribution is 5.80. The van der Waals surface area contributed by atoms with Crippen LogP contribution in [0.4, 0.5) is 0 Å². The molecule has 2 rings (SSSR count). The van der Waals surface area contributed by atoms with Crippen LogP contribution in [0.3, 0.4) is 0 Å². The van der Waals surface area contributed by atoms with Gasteiger partial charge in [0.15, 0.2) is 0 Å². The smallest absolute Gasteiger partial charge is 0.136 e. The van der Waals surface area contributed by atoms with Gasteiger partial charge in [0.25, 0.3) is 0 Å². The number of Topliss-reactive ketones (excluding diaryl/α,β-unsaturated/α-hetero) is 1. The van der Waals surface area contributed by atoms with Gasteiger partial charge in [0.2, 0.25) is 0 Å². The van der Waals surface area contributed by atoms with Crippen LogP contribution in [0, 0.1) is 0 Å². The van der Waals surface area contributed by atoms with E-state index in [1.54, 1.807) is 0 Å². The van der Waals surface area contributed by atoms with E-state index in [-0.39, 0.29) is 12.1 Å². The zero-order valence-corrected chi connectivity index (χ0v) is 6.49. The van der Waals surface area contributed by atoms with Gasteiger partial charge in [-0.25, -0.2) is 0 Å². The molecule has 2 atom stereocenters. The minimum absolute atomic E-state index is 0.134. The standard InChI is InChI=1S/C8H13NO2/c10-8-4-6-2-1-3-7(5-8)9(6)11/h6-7,11H,1-5H2. The van der Waals surface area contributed by atoms with Crippen molar-refractivity contribution in [3.8, 4) is 0 Å². The topological polar surface area (TPSA) is 40.5 Å². The van der Waals surface area contributed by atoms with Crippen LogP contribution in [0.5, 0.6) is 0 Å². The highest BCUT2D eigenvalue weighted by Crippen LogP contribution is 2.30. The number of ketones is 1. The summed E-state index contributed by atoms with van der Waals surface area (Å²) in [6.45, 7) is 0. The Morgan fingerprint density at radius 3 is 2.36 bits per heavy atom. The molecule has 0 aromatic rings. The van der Waals surface area contributed by atoms with Crippen molar-refractivity contribution in [3.05, 3.63) is 0 Å². The third-order valence-corrected chi connectivity index (χ3v) is 2.75. The van der Waals surface area contributed by atoms with Gasteiger partial charge in [-0.2, -0.15) is 5.06 Å². The molecule has 11 heavy (non-hydrogen) atoms. The van der Waals surface area contributed by atoms with Gasteiger partial charge >= 0.3 is 0 Å². The minimum Gasteiger partial charge on any atom is -0.313 e.